The molecule has 176 valence electrons. The number of pyridine rings is 1. The van der Waals surface area contributed by atoms with Gasteiger partial charge in [-0.3, -0.25) is 0 Å². The number of benzene rings is 1. The first-order valence-corrected chi connectivity index (χ1v) is 12.1. The molecule has 1 aromatic carbocycles. The smallest absolute Gasteiger partial charge is 0.145 e. The van der Waals surface area contributed by atoms with Crippen LogP contribution in [0.3, 0.4) is 0 Å². The first kappa shape index (κ1) is 21.7. The van der Waals surface area contributed by atoms with Gasteiger partial charge in [0.1, 0.15) is 29.7 Å². The molecule has 9 nitrogen and oxygen atoms in total. The van der Waals surface area contributed by atoms with Gasteiger partial charge in [0.15, 0.2) is 0 Å². The Bertz CT molecular complexity index is 1400. The molecule has 34 heavy (non-hydrogen) atoms. The van der Waals surface area contributed by atoms with Crippen LogP contribution < -0.4 is 11.5 Å². The van der Waals surface area contributed by atoms with Crippen LogP contribution in [-0.2, 0) is 4.74 Å². The zero-order valence-corrected chi connectivity index (χ0v) is 19.9. The summed E-state index contributed by atoms with van der Waals surface area (Å²) < 4.78 is 8.98. The van der Waals surface area contributed by atoms with Crippen molar-refractivity contribution in [3.05, 3.63) is 52.9 Å². The minimum Gasteiger partial charge on any atom is -0.390 e. The van der Waals surface area contributed by atoms with Gasteiger partial charge in [-0.25, -0.2) is 15.0 Å². The average molecular weight is 525 g/mol. The highest BCUT2D eigenvalue weighted by Gasteiger charge is 2.55. The Kier molecular flexibility index (Phi) is 5.03. The summed E-state index contributed by atoms with van der Waals surface area (Å²) in [5, 5.41) is 23.8. The van der Waals surface area contributed by atoms with E-state index >= 15 is 0 Å². The number of aliphatic hydroxyl groups is 2. The van der Waals surface area contributed by atoms with E-state index in [2.05, 4.69) is 30.9 Å². The Balaban J connectivity index is 1.24. The van der Waals surface area contributed by atoms with Crippen LogP contribution in [-0.4, -0.2) is 48.5 Å². The molecule has 2 fully saturated rings. The Morgan fingerprint density at radius 1 is 1.12 bits per heavy atom. The van der Waals surface area contributed by atoms with Crippen molar-refractivity contribution in [3.8, 4) is 0 Å². The summed E-state index contributed by atoms with van der Waals surface area (Å²) >= 11 is 3.42. The first-order chi connectivity index (χ1) is 16.4. The summed E-state index contributed by atoms with van der Waals surface area (Å²) in [5.74, 6) is 0.848. The van der Waals surface area contributed by atoms with Crippen LogP contribution in [0.15, 0.2) is 47.3 Å². The molecule has 1 spiro atoms. The van der Waals surface area contributed by atoms with Crippen LogP contribution in [0.25, 0.3) is 21.9 Å². The van der Waals surface area contributed by atoms with E-state index in [-0.39, 0.29) is 12.1 Å². The third-order valence-electron chi connectivity index (χ3n) is 7.53. The third-order valence-corrected chi connectivity index (χ3v) is 8.16. The molecule has 3 aromatic heterocycles. The minimum absolute atomic E-state index is 0.106. The summed E-state index contributed by atoms with van der Waals surface area (Å²) in [5.41, 5.74) is 13.9. The van der Waals surface area contributed by atoms with E-state index in [9.17, 15) is 10.2 Å². The topological polar surface area (TPSA) is 145 Å². The van der Waals surface area contributed by atoms with Crippen molar-refractivity contribution in [3.63, 3.8) is 0 Å². The maximum Gasteiger partial charge on any atom is 0.145 e. The molecule has 2 aliphatic rings. The predicted octanol–water partition coefficient (Wildman–Crippen LogP) is 3.11. The van der Waals surface area contributed by atoms with E-state index in [1.54, 1.807) is 0 Å². The summed E-state index contributed by atoms with van der Waals surface area (Å²) in [6, 6.07) is 9.56. The summed E-state index contributed by atoms with van der Waals surface area (Å²) in [6.07, 6.45) is 3.38. The SMILES string of the molecule is Nc1nc2cc([C@H]3CC[C@@]4(CO3)C[C@@H](n3ccc5c(N)ncnc53)[C@H](O)[C@@H]4O)ccc2cc1Br. The molecule has 1 aliphatic heterocycles. The molecule has 1 aliphatic carbocycles. The quantitative estimate of drug-likeness (QED) is 0.313. The van der Waals surface area contributed by atoms with E-state index in [0.717, 1.165) is 39.2 Å². The Morgan fingerprint density at radius 2 is 1.97 bits per heavy atom. The third kappa shape index (κ3) is 3.28. The highest BCUT2D eigenvalue weighted by molar-refractivity contribution is 9.10. The van der Waals surface area contributed by atoms with Gasteiger partial charge in [0.25, 0.3) is 0 Å². The van der Waals surface area contributed by atoms with Crippen LogP contribution in [0.5, 0.6) is 0 Å². The molecule has 4 heterocycles. The maximum absolute atomic E-state index is 11.1. The number of hydrogen-bond acceptors (Lipinski definition) is 8. The number of nitrogen functional groups attached to an aromatic ring is 2. The van der Waals surface area contributed by atoms with Crippen LogP contribution in [0.4, 0.5) is 11.6 Å². The second kappa shape index (κ2) is 7.88. The first-order valence-electron chi connectivity index (χ1n) is 11.3. The van der Waals surface area contributed by atoms with Gasteiger partial charge in [-0.15, -0.1) is 0 Å². The molecular formula is C24H25BrN6O3. The van der Waals surface area contributed by atoms with Crippen molar-refractivity contribution in [2.24, 2.45) is 5.41 Å². The monoisotopic (exact) mass is 524 g/mol. The molecule has 4 aromatic rings. The Labute approximate surface area is 203 Å². The largest absolute Gasteiger partial charge is 0.390 e. The van der Waals surface area contributed by atoms with Crippen LogP contribution in [0, 0.1) is 5.41 Å². The van der Waals surface area contributed by atoms with Crippen LogP contribution >= 0.6 is 15.9 Å². The normalized spacial score (nSPS) is 29.4. The van der Waals surface area contributed by atoms with Crippen molar-refractivity contribution in [1.29, 1.82) is 0 Å². The van der Waals surface area contributed by atoms with Gasteiger partial charge in [0, 0.05) is 17.0 Å². The molecule has 5 atom stereocenters. The van der Waals surface area contributed by atoms with Crippen molar-refractivity contribution < 1.29 is 14.9 Å². The van der Waals surface area contributed by atoms with Crippen LogP contribution in [0.2, 0.25) is 0 Å². The van der Waals surface area contributed by atoms with Gasteiger partial charge < -0.3 is 31.0 Å². The Morgan fingerprint density at radius 3 is 2.76 bits per heavy atom. The van der Waals surface area contributed by atoms with Crippen molar-refractivity contribution >= 4 is 49.5 Å². The minimum atomic E-state index is -0.932. The number of ether oxygens (including phenoxy) is 1. The van der Waals surface area contributed by atoms with Gasteiger partial charge in [-0.1, -0.05) is 12.1 Å². The van der Waals surface area contributed by atoms with E-state index in [0.29, 0.717) is 30.3 Å². The number of aromatic nitrogens is 4. The molecule has 0 amide bonds. The second-order valence-electron chi connectivity index (χ2n) is 9.43. The lowest BCUT2D eigenvalue weighted by atomic mass is 9.76. The molecule has 10 heteroatoms. The maximum atomic E-state index is 11.1. The fourth-order valence-electron chi connectivity index (χ4n) is 5.62. The van der Waals surface area contributed by atoms with Crippen molar-refractivity contribution in [1.82, 2.24) is 19.5 Å². The molecule has 1 saturated heterocycles. The fourth-order valence-corrected chi connectivity index (χ4v) is 5.96. The molecule has 1 saturated carbocycles. The van der Waals surface area contributed by atoms with Crippen molar-refractivity contribution in [2.75, 3.05) is 18.1 Å². The molecule has 6 rings (SSSR count). The number of fused-ring (bicyclic) bond motifs is 2. The van der Waals surface area contributed by atoms with Gasteiger partial charge in [0.05, 0.1) is 40.2 Å². The molecule has 0 radical (unpaired) electrons. The lowest BCUT2D eigenvalue weighted by Gasteiger charge is -2.40. The lowest BCUT2D eigenvalue weighted by molar-refractivity contribution is -0.120. The summed E-state index contributed by atoms with van der Waals surface area (Å²) in [4.78, 5) is 12.9. The summed E-state index contributed by atoms with van der Waals surface area (Å²) in [7, 11) is 0. The van der Waals surface area contributed by atoms with E-state index in [1.807, 2.05) is 41.1 Å². The van der Waals surface area contributed by atoms with Crippen LogP contribution in [0.1, 0.15) is 37.0 Å². The number of hydrogen-bond donors (Lipinski definition) is 4. The molecule has 6 N–H and O–H groups in total. The summed E-state index contributed by atoms with van der Waals surface area (Å²) in [6.45, 7) is 0.358. The predicted molar refractivity (Wildman–Crippen MR) is 132 cm³/mol. The van der Waals surface area contributed by atoms with Gasteiger partial charge in [-0.05, 0) is 59.0 Å². The van der Waals surface area contributed by atoms with Gasteiger partial charge in [-0.2, -0.15) is 0 Å². The van der Waals surface area contributed by atoms with Gasteiger partial charge in [0.2, 0.25) is 0 Å². The molecule has 0 bridgehead atoms. The number of rotatable bonds is 2. The highest BCUT2D eigenvalue weighted by atomic mass is 79.9. The van der Waals surface area contributed by atoms with E-state index in [4.69, 9.17) is 16.2 Å². The number of nitrogens with two attached hydrogens (primary N) is 2. The van der Waals surface area contributed by atoms with E-state index < -0.39 is 17.6 Å². The second-order valence-corrected chi connectivity index (χ2v) is 10.3. The highest BCUT2D eigenvalue weighted by Crippen LogP contribution is 2.52. The Hall–Kier alpha value is -2.79. The standard InChI is InChI=1S/C24H25BrN6O3/c25-15-7-12-1-2-13(8-16(12)30-22(15)27)18-3-5-24(10-34-18)9-17(19(32)20(24)33)31-6-4-14-21(26)28-11-29-23(14)31/h1-2,4,6-8,11,17-20,32-33H,3,5,9-10H2,(H2,27,30)(H2,26,28,29)/t17-,18-,19+,20+,24+/m1/s1. The fraction of sp³-hybridized carbons (Fsp3) is 0.375. The zero-order valence-electron chi connectivity index (χ0n) is 18.3. The number of halogens is 1. The van der Waals surface area contributed by atoms with Gasteiger partial charge >= 0.3 is 0 Å². The zero-order chi connectivity index (χ0) is 23.6. The molecular weight excluding hydrogens is 500 g/mol. The molecule has 0 unspecified atom stereocenters. The number of aliphatic hydroxyl groups excluding tert-OH is 2. The number of nitrogens with zero attached hydrogens (tertiary/aromatic N) is 4. The average Bonchev–Trinajstić information content (AvgIpc) is 3.36. The number of anilines is 2. The van der Waals surface area contributed by atoms with E-state index in [1.165, 1.54) is 6.33 Å². The van der Waals surface area contributed by atoms with Crippen molar-refractivity contribution in [2.45, 2.75) is 43.6 Å². The lowest BCUT2D eigenvalue weighted by Crippen LogP contribution is -2.42.